The predicted octanol–water partition coefficient (Wildman–Crippen LogP) is 1.16. The predicted molar refractivity (Wildman–Crippen MR) is 66.9 cm³/mol. The van der Waals surface area contributed by atoms with Crippen molar-refractivity contribution in [3.05, 3.63) is 0 Å². The minimum Gasteiger partial charge on any atom is -0.373 e. The summed E-state index contributed by atoms with van der Waals surface area (Å²) in [7, 11) is 0. The van der Waals surface area contributed by atoms with Gasteiger partial charge in [-0.05, 0) is 25.8 Å². The molecule has 1 amide bonds. The maximum absolute atomic E-state index is 11.5. The molecule has 0 radical (unpaired) electrons. The highest BCUT2D eigenvalue weighted by atomic mass is 16.5. The number of amides is 1. The van der Waals surface area contributed by atoms with Crippen molar-refractivity contribution in [3.63, 3.8) is 0 Å². The van der Waals surface area contributed by atoms with Crippen LogP contribution in [0.1, 0.15) is 39.0 Å². The van der Waals surface area contributed by atoms with Gasteiger partial charge in [0.05, 0.1) is 12.7 Å². The lowest BCUT2D eigenvalue weighted by Gasteiger charge is -2.35. The van der Waals surface area contributed by atoms with Crippen molar-refractivity contribution in [2.75, 3.05) is 26.2 Å². The van der Waals surface area contributed by atoms with Crippen molar-refractivity contribution in [1.82, 2.24) is 10.2 Å². The lowest BCUT2D eigenvalue weighted by molar-refractivity contribution is -0.122. The number of unbranched alkanes of at least 4 members (excludes halogenated alkanes) is 1. The van der Waals surface area contributed by atoms with E-state index in [-0.39, 0.29) is 12.0 Å². The zero-order valence-electron chi connectivity index (χ0n) is 10.8. The number of ether oxygens (including phenoxy) is 1. The van der Waals surface area contributed by atoms with E-state index in [4.69, 9.17) is 4.74 Å². The molecule has 0 aromatic heterocycles. The molecule has 2 aliphatic heterocycles. The molecule has 1 N–H and O–H groups in total. The van der Waals surface area contributed by atoms with E-state index in [1.54, 1.807) is 0 Å². The van der Waals surface area contributed by atoms with Crippen LogP contribution in [0.15, 0.2) is 0 Å². The monoisotopic (exact) mass is 240 g/mol. The van der Waals surface area contributed by atoms with Crippen molar-refractivity contribution in [1.29, 1.82) is 0 Å². The number of hydrogen-bond donors (Lipinski definition) is 1. The third kappa shape index (κ3) is 3.68. The molecule has 0 bridgehead atoms. The Balaban J connectivity index is 1.64. The largest absolute Gasteiger partial charge is 0.373 e. The highest BCUT2D eigenvalue weighted by Gasteiger charge is 2.32. The second kappa shape index (κ2) is 6.36. The van der Waals surface area contributed by atoms with E-state index in [0.29, 0.717) is 19.0 Å². The molecular weight excluding hydrogens is 216 g/mol. The summed E-state index contributed by atoms with van der Waals surface area (Å²) >= 11 is 0. The molecule has 4 nitrogen and oxygen atoms in total. The summed E-state index contributed by atoms with van der Waals surface area (Å²) in [5.74, 6) is 0.166. The number of nitrogens with one attached hydrogen (secondary N) is 1. The average Bonchev–Trinajstić information content (AvgIpc) is 2.81. The number of nitrogens with zero attached hydrogens (tertiary/aromatic N) is 1. The molecule has 0 saturated carbocycles. The first-order valence-electron chi connectivity index (χ1n) is 6.92. The van der Waals surface area contributed by atoms with Gasteiger partial charge in [-0.2, -0.15) is 0 Å². The van der Waals surface area contributed by atoms with Gasteiger partial charge in [0, 0.05) is 25.6 Å². The molecule has 2 rings (SSSR count). The van der Waals surface area contributed by atoms with Gasteiger partial charge >= 0.3 is 0 Å². The van der Waals surface area contributed by atoms with Crippen molar-refractivity contribution in [2.24, 2.45) is 0 Å². The molecule has 2 fully saturated rings. The van der Waals surface area contributed by atoms with Gasteiger partial charge in [0.25, 0.3) is 0 Å². The van der Waals surface area contributed by atoms with Crippen LogP contribution in [-0.2, 0) is 9.53 Å². The summed E-state index contributed by atoms with van der Waals surface area (Å²) in [6.45, 7) is 5.80. The third-order valence-electron chi connectivity index (χ3n) is 3.75. The van der Waals surface area contributed by atoms with E-state index in [0.717, 1.165) is 26.0 Å². The number of rotatable bonds is 5. The van der Waals surface area contributed by atoms with E-state index in [9.17, 15) is 4.79 Å². The molecule has 2 aliphatic rings. The zero-order valence-corrected chi connectivity index (χ0v) is 10.8. The van der Waals surface area contributed by atoms with Crippen LogP contribution in [-0.4, -0.2) is 49.2 Å². The molecule has 0 spiro atoms. The number of fused-ring (bicyclic) bond motifs is 1. The van der Waals surface area contributed by atoms with Crippen molar-refractivity contribution >= 4 is 5.91 Å². The summed E-state index contributed by atoms with van der Waals surface area (Å²) in [5, 5.41) is 2.98. The van der Waals surface area contributed by atoms with Gasteiger partial charge in [0.2, 0.25) is 5.91 Å². The molecule has 2 atom stereocenters. The smallest absolute Gasteiger partial charge is 0.220 e. The number of carbonyl (C=O) groups excluding carboxylic acids is 1. The Kier molecular flexibility index (Phi) is 4.80. The standard InChI is InChI=1S/C13H24N2O2/c1-2-3-6-13(16)14-8-12-9-15-7-4-5-11(15)10-17-12/h11-12H,2-10H2,1H3,(H,14,16). The zero-order chi connectivity index (χ0) is 12.1. The van der Waals surface area contributed by atoms with Gasteiger partial charge in [-0.3, -0.25) is 9.69 Å². The summed E-state index contributed by atoms with van der Waals surface area (Å²) in [5.41, 5.74) is 0. The number of carbonyl (C=O) groups is 1. The molecule has 98 valence electrons. The average molecular weight is 240 g/mol. The number of morpholine rings is 1. The Hall–Kier alpha value is -0.610. The molecule has 2 saturated heterocycles. The minimum absolute atomic E-state index is 0.166. The fourth-order valence-corrected chi connectivity index (χ4v) is 2.66. The lowest BCUT2D eigenvalue weighted by atomic mass is 10.2. The van der Waals surface area contributed by atoms with Crippen LogP contribution in [0.25, 0.3) is 0 Å². The molecular formula is C13H24N2O2. The van der Waals surface area contributed by atoms with E-state index in [1.165, 1.54) is 19.4 Å². The number of hydrogen-bond acceptors (Lipinski definition) is 3. The maximum atomic E-state index is 11.5. The highest BCUT2D eigenvalue weighted by molar-refractivity contribution is 5.75. The first-order valence-corrected chi connectivity index (χ1v) is 6.92. The van der Waals surface area contributed by atoms with Crippen molar-refractivity contribution in [2.45, 2.75) is 51.2 Å². The Bertz CT molecular complexity index is 258. The minimum atomic E-state index is 0.166. The SMILES string of the molecule is CCCCC(=O)NCC1CN2CCCC2CO1. The van der Waals surface area contributed by atoms with Gasteiger partial charge in [-0.15, -0.1) is 0 Å². The van der Waals surface area contributed by atoms with Crippen LogP contribution in [0, 0.1) is 0 Å². The molecule has 17 heavy (non-hydrogen) atoms. The second-order valence-electron chi connectivity index (χ2n) is 5.15. The highest BCUT2D eigenvalue weighted by Crippen LogP contribution is 2.22. The van der Waals surface area contributed by atoms with E-state index in [1.807, 2.05) is 0 Å². The summed E-state index contributed by atoms with van der Waals surface area (Å²) in [6.07, 6.45) is 5.46. The van der Waals surface area contributed by atoms with Crippen LogP contribution >= 0.6 is 0 Å². The van der Waals surface area contributed by atoms with Crippen LogP contribution < -0.4 is 5.32 Å². The Morgan fingerprint density at radius 1 is 1.53 bits per heavy atom. The summed E-state index contributed by atoms with van der Waals surface area (Å²) in [6, 6.07) is 0.641. The van der Waals surface area contributed by atoms with Gasteiger partial charge in [0.15, 0.2) is 0 Å². The van der Waals surface area contributed by atoms with Gasteiger partial charge in [-0.1, -0.05) is 13.3 Å². The Morgan fingerprint density at radius 3 is 3.24 bits per heavy atom. The fraction of sp³-hybridized carbons (Fsp3) is 0.923. The summed E-state index contributed by atoms with van der Waals surface area (Å²) in [4.78, 5) is 14.0. The van der Waals surface area contributed by atoms with Gasteiger partial charge < -0.3 is 10.1 Å². The van der Waals surface area contributed by atoms with Crippen LogP contribution in [0.3, 0.4) is 0 Å². The Morgan fingerprint density at radius 2 is 2.41 bits per heavy atom. The lowest BCUT2D eigenvalue weighted by Crippen LogP contribution is -2.50. The van der Waals surface area contributed by atoms with Crippen LogP contribution in [0.5, 0.6) is 0 Å². The first kappa shape index (κ1) is 12.8. The second-order valence-corrected chi connectivity index (χ2v) is 5.15. The van der Waals surface area contributed by atoms with Crippen LogP contribution in [0.2, 0.25) is 0 Å². The van der Waals surface area contributed by atoms with Crippen LogP contribution in [0.4, 0.5) is 0 Å². The fourth-order valence-electron chi connectivity index (χ4n) is 2.66. The normalized spacial score (nSPS) is 29.0. The quantitative estimate of drug-likeness (QED) is 0.784. The first-order chi connectivity index (χ1) is 8.29. The van der Waals surface area contributed by atoms with E-state index >= 15 is 0 Å². The van der Waals surface area contributed by atoms with Crippen molar-refractivity contribution < 1.29 is 9.53 Å². The summed E-state index contributed by atoms with van der Waals surface area (Å²) < 4.78 is 5.79. The molecule has 0 aromatic carbocycles. The molecule has 0 aromatic rings. The van der Waals surface area contributed by atoms with Gasteiger partial charge in [-0.25, -0.2) is 0 Å². The third-order valence-corrected chi connectivity index (χ3v) is 3.75. The topological polar surface area (TPSA) is 41.6 Å². The molecule has 0 aliphatic carbocycles. The maximum Gasteiger partial charge on any atom is 0.220 e. The van der Waals surface area contributed by atoms with E-state index in [2.05, 4.69) is 17.1 Å². The van der Waals surface area contributed by atoms with E-state index < -0.39 is 0 Å². The van der Waals surface area contributed by atoms with Crippen molar-refractivity contribution in [3.8, 4) is 0 Å². The molecule has 2 heterocycles. The van der Waals surface area contributed by atoms with Gasteiger partial charge in [0.1, 0.15) is 0 Å². The molecule has 4 heteroatoms. The molecule has 2 unspecified atom stereocenters. The Labute approximate surface area is 104 Å².